The lowest BCUT2D eigenvalue weighted by atomic mass is 9.98. The minimum absolute atomic E-state index is 0.0326. The molecule has 8 heteroatoms. The van der Waals surface area contributed by atoms with Crippen LogP contribution < -0.4 is 16.0 Å². The van der Waals surface area contributed by atoms with E-state index in [1.54, 1.807) is 6.07 Å². The van der Waals surface area contributed by atoms with Crippen molar-refractivity contribution in [3.05, 3.63) is 18.3 Å². The molecule has 1 aliphatic carbocycles. The molecule has 0 unspecified atom stereocenters. The van der Waals surface area contributed by atoms with E-state index in [2.05, 4.69) is 15.1 Å². The van der Waals surface area contributed by atoms with Gasteiger partial charge in [0, 0.05) is 12.7 Å². The summed E-state index contributed by atoms with van der Waals surface area (Å²) in [5.74, 6) is 5.39. The summed E-state index contributed by atoms with van der Waals surface area (Å²) in [5.41, 5.74) is 2.28. The molecule has 0 aliphatic heterocycles. The zero-order chi connectivity index (χ0) is 15.1. The molecule has 1 aromatic rings. The standard InChI is InChI=1S/C13H22N4O3S/c14-17-13-12(7-4-8-15-13)21(18,19)16-9-10-20-11-5-2-1-3-6-11/h4,7-8,11,16H,1-3,5-6,9-10,14H2,(H,15,17). The van der Waals surface area contributed by atoms with Gasteiger partial charge in [0.15, 0.2) is 5.82 Å². The van der Waals surface area contributed by atoms with E-state index in [9.17, 15) is 8.42 Å². The Morgan fingerprint density at radius 2 is 2.10 bits per heavy atom. The van der Waals surface area contributed by atoms with Crippen LogP contribution in [0.15, 0.2) is 23.2 Å². The first-order valence-corrected chi connectivity index (χ1v) is 8.64. The molecule has 0 aromatic carbocycles. The van der Waals surface area contributed by atoms with Crippen LogP contribution >= 0.6 is 0 Å². The van der Waals surface area contributed by atoms with Crippen molar-refractivity contribution in [1.29, 1.82) is 0 Å². The predicted molar refractivity (Wildman–Crippen MR) is 80.1 cm³/mol. The lowest BCUT2D eigenvalue weighted by Crippen LogP contribution is -2.30. The van der Waals surface area contributed by atoms with Crippen LogP contribution in [0, 0.1) is 0 Å². The van der Waals surface area contributed by atoms with Crippen molar-refractivity contribution in [2.75, 3.05) is 18.6 Å². The van der Waals surface area contributed by atoms with Gasteiger partial charge in [-0.3, -0.25) is 0 Å². The molecule has 21 heavy (non-hydrogen) atoms. The third kappa shape index (κ3) is 4.63. The number of hydrazine groups is 1. The number of anilines is 1. The molecule has 1 heterocycles. The molecule has 7 nitrogen and oxygen atoms in total. The van der Waals surface area contributed by atoms with Gasteiger partial charge in [-0.1, -0.05) is 19.3 Å². The Balaban J connectivity index is 1.83. The number of nitrogen functional groups attached to an aromatic ring is 1. The van der Waals surface area contributed by atoms with E-state index >= 15 is 0 Å². The quantitative estimate of drug-likeness (QED) is 0.394. The highest BCUT2D eigenvalue weighted by molar-refractivity contribution is 7.89. The van der Waals surface area contributed by atoms with Gasteiger partial charge >= 0.3 is 0 Å². The molecule has 2 rings (SSSR count). The highest BCUT2D eigenvalue weighted by atomic mass is 32.2. The van der Waals surface area contributed by atoms with Crippen molar-refractivity contribution in [2.24, 2.45) is 5.84 Å². The Morgan fingerprint density at radius 3 is 2.81 bits per heavy atom. The zero-order valence-corrected chi connectivity index (χ0v) is 12.7. The van der Waals surface area contributed by atoms with E-state index in [0.717, 1.165) is 12.8 Å². The monoisotopic (exact) mass is 314 g/mol. The van der Waals surface area contributed by atoms with Crippen LogP contribution in [0.3, 0.4) is 0 Å². The molecule has 1 aromatic heterocycles. The Labute approximate surface area is 125 Å². The summed E-state index contributed by atoms with van der Waals surface area (Å²) in [6.07, 6.45) is 7.52. The number of hydrogen-bond donors (Lipinski definition) is 3. The summed E-state index contributed by atoms with van der Waals surface area (Å²) in [7, 11) is -3.64. The summed E-state index contributed by atoms with van der Waals surface area (Å²) in [4.78, 5) is 3.91. The SMILES string of the molecule is NNc1ncccc1S(=O)(=O)NCCOC1CCCCC1. The minimum atomic E-state index is -3.64. The smallest absolute Gasteiger partial charge is 0.244 e. The number of hydrogen-bond acceptors (Lipinski definition) is 6. The molecule has 118 valence electrons. The Kier molecular flexibility index (Phi) is 5.92. The van der Waals surface area contributed by atoms with E-state index < -0.39 is 10.0 Å². The van der Waals surface area contributed by atoms with Gasteiger partial charge in [-0.05, 0) is 25.0 Å². The van der Waals surface area contributed by atoms with Gasteiger partial charge in [0.2, 0.25) is 10.0 Å². The van der Waals surface area contributed by atoms with Crippen LogP contribution in [0.2, 0.25) is 0 Å². The highest BCUT2D eigenvalue weighted by Gasteiger charge is 2.19. The van der Waals surface area contributed by atoms with Crippen molar-refractivity contribution >= 4 is 15.8 Å². The minimum Gasteiger partial charge on any atom is -0.377 e. The van der Waals surface area contributed by atoms with Crippen LogP contribution in [-0.2, 0) is 14.8 Å². The maximum Gasteiger partial charge on any atom is 0.244 e. The third-order valence-corrected chi connectivity index (χ3v) is 4.99. The van der Waals surface area contributed by atoms with Gasteiger partial charge in [-0.25, -0.2) is 24.0 Å². The van der Waals surface area contributed by atoms with E-state index in [1.807, 2.05) is 0 Å². The fourth-order valence-corrected chi connectivity index (χ4v) is 3.56. The molecule has 1 saturated carbocycles. The van der Waals surface area contributed by atoms with Crippen LogP contribution in [0.1, 0.15) is 32.1 Å². The Morgan fingerprint density at radius 1 is 1.33 bits per heavy atom. The van der Waals surface area contributed by atoms with E-state index in [-0.39, 0.29) is 23.4 Å². The average Bonchev–Trinajstić information content (AvgIpc) is 2.52. The summed E-state index contributed by atoms with van der Waals surface area (Å²) >= 11 is 0. The van der Waals surface area contributed by atoms with Crippen molar-refractivity contribution in [3.63, 3.8) is 0 Å². The van der Waals surface area contributed by atoms with Crippen molar-refractivity contribution < 1.29 is 13.2 Å². The Hall–Kier alpha value is -1.22. The fraction of sp³-hybridized carbons (Fsp3) is 0.615. The molecular formula is C13H22N4O3S. The first-order valence-electron chi connectivity index (χ1n) is 7.16. The number of rotatable bonds is 7. The average molecular weight is 314 g/mol. The molecule has 1 fully saturated rings. The number of nitrogens with two attached hydrogens (primary N) is 1. The third-order valence-electron chi connectivity index (χ3n) is 3.50. The van der Waals surface area contributed by atoms with Crippen LogP contribution in [0.4, 0.5) is 5.82 Å². The largest absolute Gasteiger partial charge is 0.377 e. The summed E-state index contributed by atoms with van der Waals surface area (Å²) in [6.45, 7) is 0.604. The van der Waals surface area contributed by atoms with Gasteiger partial charge < -0.3 is 10.2 Å². The van der Waals surface area contributed by atoms with Crippen LogP contribution in [-0.4, -0.2) is 32.7 Å². The van der Waals surface area contributed by atoms with Crippen LogP contribution in [0.25, 0.3) is 0 Å². The van der Waals surface area contributed by atoms with E-state index in [0.29, 0.717) is 6.61 Å². The van der Waals surface area contributed by atoms with Gasteiger partial charge in [-0.2, -0.15) is 0 Å². The first-order chi connectivity index (χ1) is 10.1. The number of pyridine rings is 1. The first kappa shape index (κ1) is 16.2. The van der Waals surface area contributed by atoms with Gasteiger partial charge in [0.25, 0.3) is 0 Å². The molecular weight excluding hydrogens is 292 g/mol. The van der Waals surface area contributed by atoms with Gasteiger partial charge in [0.05, 0.1) is 12.7 Å². The van der Waals surface area contributed by atoms with Crippen molar-refractivity contribution in [3.8, 4) is 0 Å². The molecule has 0 saturated heterocycles. The Bertz CT molecular complexity index is 544. The second-order valence-electron chi connectivity index (χ2n) is 5.02. The number of nitrogens with one attached hydrogen (secondary N) is 2. The predicted octanol–water partition coefficient (Wildman–Crippen LogP) is 0.995. The number of aromatic nitrogens is 1. The van der Waals surface area contributed by atoms with Gasteiger partial charge in [-0.15, -0.1) is 0 Å². The second-order valence-corrected chi connectivity index (χ2v) is 6.76. The fourth-order valence-electron chi connectivity index (χ4n) is 2.43. The molecule has 0 atom stereocenters. The summed E-state index contributed by atoms with van der Waals surface area (Å²) < 4.78 is 32.5. The second kappa shape index (κ2) is 7.69. The maximum atomic E-state index is 12.2. The molecule has 1 aliphatic rings. The number of ether oxygens (including phenoxy) is 1. The summed E-state index contributed by atoms with van der Waals surface area (Å²) in [5, 5.41) is 0. The topological polar surface area (TPSA) is 106 Å². The lowest BCUT2D eigenvalue weighted by Gasteiger charge is -2.22. The number of sulfonamides is 1. The molecule has 0 spiro atoms. The van der Waals surface area contributed by atoms with Crippen LogP contribution in [0.5, 0.6) is 0 Å². The maximum absolute atomic E-state index is 12.2. The number of nitrogens with zero attached hydrogens (tertiary/aromatic N) is 1. The van der Waals surface area contributed by atoms with E-state index in [4.69, 9.17) is 10.6 Å². The highest BCUT2D eigenvalue weighted by Crippen LogP contribution is 2.20. The molecule has 0 bridgehead atoms. The summed E-state index contributed by atoms with van der Waals surface area (Å²) in [6, 6.07) is 3.00. The molecule has 4 N–H and O–H groups in total. The van der Waals surface area contributed by atoms with E-state index in [1.165, 1.54) is 31.5 Å². The normalized spacial score (nSPS) is 16.8. The molecule has 0 radical (unpaired) electrons. The van der Waals surface area contributed by atoms with Gasteiger partial charge in [0.1, 0.15) is 4.90 Å². The lowest BCUT2D eigenvalue weighted by molar-refractivity contribution is 0.0321. The van der Waals surface area contributed by atoms with Crippen molar-refractivity contribution in [2.45, 2.75) is 43.1 Å². The molecule has 0 amide bonds. The zero-order valence-electron chi connectivity index (χ0n) is 11.9. The van der Waals surface area contributed by atoms with Crippen molar-refractivity contribution in [1.82, 2.24) is 9.71 Å².